The number of allylic oxidation sites excluding steroid dienone is 20. The third-order valence-corrected chi connectivity index (χ3v) is 9.87. The fourth-order valence-electron chi connectivity index (χ4n) is 6.18. The molecule has 6 nitrogen and oxygen atoms in total. The first-order valence-electron chi connectivity index (χ1n) is 24.7. The predicted molar refractivity (Wildman–Crippen MR) is 265 cm³/mol. The second-order valence-electron chi connectivity index (χ2n) is 15.8. The highest BCUT2D eigenvalue weighted by Gasteiger charge is 2.19. The van der Waals surface area contributed by atoms with E-state index in [-0.39, 0.29) is 37.5 Å². The van der Waals surface area contributed by atoms with Crippen molar-refractivity contribution in [2.75, 3.05) is 13.2 Å². The van der Waals surface area contributed by atoms with Crippen LogP contribution in [0.25, 0.3) is 0 Å². The van der Waals surface area contributed by atoms with Crippen LogP contribution in [0.1, 0.15) is 194 Å². The summed E-state index contributed by atoms with van der Waals surface area (Å²) in [4.78, 5) is 37.9. The molecule has 0 radical (unpaired) electrons. The molecule has 0 heterocycles. The lowest BCUT2D eigenvalue weighted by atomic mass is 10.1. The zero-order chi connectivity index (χ0) is 45.1. The Hall–Kier alpha value is -4.19. The SMILES string of the molecule is CC\C=C/C=C\C=C/C=C\CCCCCC(=O)OC(COC(=O)CCCCC/C=C\CCCCCCCC)COC(=O)CCCCCCC\C=C/C=C\C=C/C=C\C=C/CCC. The van der Waals surface area contributed by atoms with Gasteiger partial charge in [-0.15, -0.1) is 0 Å². The van der Waals surface area contributed by atoms with Crippen molar-refractivity contribution in [3.8, 4) is 0 Å². The van der Waals surface area contributed by atoms with Crippen LogP contribution in [0.4, 0.5) is 0 Å². The number of rotatable bonds is 42. The molecule has 0 spiro atoms. The van der Waals surface area contributed by atoms with Gasteiger partial charge in [-0.3, -0.25) is 14.4 Å². The van der Waals surface area contributed by atoms with Gasteiger partial charge in [-0.05, 0) is 83.5 Å². The van der Waals surface area contributed by atoms with Crippen LogP contribution >= 0.6 is 0 Å². The van der Waals surface area contributed by atoms with E-state index in [1.165, 1.54) is 44.9 Å². The number of carbonyl (C=O) groups excluding carboxylic acids is 3. The Labute approximate surface area is 380 Å². The predicted octanol–water partition coefficient (Wildman–Crippen LogP) is 16.1. The Morgan fingerprint density at radius 2 is 0.677 bits per heavy atom. The maximum atomic E-state index is 12.7. The molecule has 0 aliphatic rings. The molecule has 0 saturated heterocycles. The first kappa shape index (κ1) is 57.8. The smallest absolute Gasteiger partial charge is 0.306 e. The van der Waals surface area contributed by atoms with E-state index in [0.717, 1.165) is 103 Å². The highest BCUT2D eigenvalue weighted by atomic mass is 16.6. The molecule has 0 rings (SSSR count). The van der Waals surface area contributed by atoms with Crippen molar-refractivity contribution >= 4 is 17.9 Å². The molecule has 0 N–H and O–H groups in total. The number of hydrogen-bond donors (Lipinski definition) is 0. The van der Waals surface area contributed by atoms with Crippen molar-refractivity contribution < 1.29 is 28.6 Å². The van der Waals surface area contributed by atoms with E-state index in [1.54, 1.807) is 0 Å². The number of carbonyl (C=O) groups is 3. The van der Waals surface area contributed by atoms with Crippen LogP contribution in [0.3, 0.4) is 0 Å². The zero-order valence-electron chi connectivity index (χ0n) is 39.6. The highest BCUT2D eigenvalue weighted by molar-refractivity contribution is 5.71. The third kappa shape index (κ3) is 46.9. The average molecular weight is 857 g/mol. The van der Waals surface area contributed by atoms with Crippen LogP contribution in [0.5, 0.6) is 0 Å². The van der Waals surface area contributed by atoms with E-state index in [0.29, 0.717) is 19.3 Å². The zero-order valence-corrected chi connectivity index (χ0v) is 39.6. The molecule has 0 aromatic rings. The summed E-state index contributed by atoms with van der Waals surface area (Å²) in [7, 11) is 0. The van der Waals surface area contributed by atoms with Gasteiger partial charge in [0, 0.05) is 19.3 Å². The Kier molecular flexibility index (Phi) is 46.1. The van der Waals surface area contributed by atoms with Crippen molar-refractivity contribution in [1.82, 2.24) is 0 Å². The van der Waals surface area contributed by atoms with Crippen LogP contribution in [0, 0.1) is 0 Å². The summed E-state index contributed by atoms with van der Waals surface area (Å²) in [5.41, 5.74) is 0. The summed E-state index contributed by atoms with van der Waals surface area (Å²) < 4.78 is 16.7. The van der Waals surface area contributed by atoms with Crippen LogP contribution in [-0.4, -0.2) is 37.2 Å². The molecule has 1 atom stereocenters. The van der Waals surface area contributed by atoms with Gasteiger partial charge in [0.2, 0.25) is 0 Å². The van der Waals surface area contributed by atoms with Crippen LogP contribution in [-0.2, 0) is 28.6 Å². The number of esters is 3. The van der Waals surface area contributed by atoms with E-state index in [1.807, 2.05) is 72.9 Å². The Morgan fingerprint density at radius 1 is 0.339 bits per heavy atom. The van der Waals surface area contributed by atoms with Crippen LogP contribution in [0.2, 0.25) is 0 Å². The van der Waals surface area contributed by atoms with E-state index in [2.05, 4.69) is 69.4 Å². The van der Waals surface area contributed by atoms with Gasteiger partial charge in [0.05, 0.1) is 0 Å². The fraction of sp³-hybridized carbons (Fsp3) is 0.589. The molecular formula is C56H88O6. The summed E-state index contributed by atoms with van der Waals surface area (Å²) >= 11 is 0. The van der Waals surface area contributed by atoms with Gasteiger partial charge >= 0.3 is 17.9 Å². The van der Waals surface area contributed by atoms with Crippen molar-refractivity contribution in [1.29, 1.82) is 0 Å². The van der Waals surface area contributed by atoms with Gasteiger partial charge in [0.15, 0.2) is 6.10 Å². The number of ether oxygens (including phenoxy) is 3. The van der Waals surface area contributed by atoms with Crippen molar-refractivity contribution in [2.24, 2.45) is 0 Å². The van der Waals surface area contributed by atoms with E-state index < -0.39 is 6.10 Å². The van der Waals surface area contributed by atoms with Crippen molar-refractivity contribution in [2.45, 2.75) is 200 Å². The molecule has 0 aliphatic carbocycles. The van der Waals surface area contributed by atoms with E-state index in [4.69, 9.17) is 14.2 Å². The molecule has 0 saturated carbocycles. The lowest BCUT2D eigenvalue weighted by Crippen LogP contribution is -2.30. The summed E-state index contributed by atoms with van der Waals surface area (Å²) in [6, 6.07) is 0. The van der Waals surface area contributed by atoms with Crippen LogP contribution in [0.15, 0.2) is 122 Å². The average Bonchev–Trinajstić information content (AvgIpc) is 3.27. The van der Waals surface area contributed by atoms with Gasteiger partial charge in [0.25, 0.3) is 0 Å². The van der Waals surface area contributed by atoms with E-state index >= 15 is 0 Å². The molecule has 0 aromatic carbocycles. The lowest BCUT2D eigenvalue weighted by molar-refractivity contribution is -0.167. The maximum absolute atomic E-state index is 12.7. The first-order chi connectivity index (χ1) is 30.5. The second-order valence-corrected chi connectivity index (χ2v) is 15.8. The molecule has 348 valence electrons. The summed E-state index contributed by atoms with van der Waals surface area (Å²) in [6.45, 7) is 6.30. The topological polar surface area (TPSA) is 78.9 Å². The third-order valence-electron chi connectivity index (χ3n) is 9.87. The minimum Gasteiger partial charge on any atom is -0.462 e. The lowest BCUT2D eigenvalue weighted by Gasteiger charge is -2.18. The van der Waals surface area contributed by atoms with Gasteiger partial charge < -0.3 is 14.2 Å². The molecule has 0 fully saturated rings. The molecule has 6 heteroatoms. The monoisotopic (exact) mass is 857 g/mol. The number of hydrogen-bond acceptors (Lipinski definition) is 6. The Morgan fingerprint density at radius 3 is 1.11 bits per heavy atom. The number of unbranched alkanes of at least 4 members (excludes halogenated alkanes) is 18. The molecule has 1 unspecified atom stereocenters. The van der Waals surface area contributed by atoms with Gasteiger partial charge in [0.1, 0.15) is 13.2 Å². The van der Waals surface area contributed by atoms with Gasteiger partial charge in [-0.1, -0.05) is 213 Å². The van der Waals surface area contributed by atoms with Crippen LogP contribution < -0.4 is 0 Å². The quantitative estimate of drug-likeness (QED) is 0.0200. The molecule has 0 amide bonds. The normalized spacial score (nSPS) is 13.1. The maximum Gasteiger partial charge on any atom is 0.306 e. The standard InChI is InChI=1S/C56H88O6/c1-4-7-10-13-16-19-22-25-26-27-28-29-32-34-37-40-43-46-49-55(58)61-52-53(62-56(59)50-47-44-41-38-35-31-24-21-18-15-12-9-6-3)51-60-54(57)48-45-42-39-36-33-30-23-20-17-14-11-8-5-2/h9-10,12-13,15-16,18-19,21-22,24-31,33,35,53H,4-8,11,14,17,20,23,32,34,36-52H2,1-3H3/b12-9-,13-10-,18-15-,19-16-,24-21-,25-22-,27-26-,29-28-,33-30-,35-31-. The molecule has 62 heavy (non-hydrogen) atoms. The van der Waals surface area contributed by atoms with Gasteiger partial charge in [-0.25, -0.2) is 0 Å². The van der Waals surface area contributed by atoms with Gasteiger partial charge in [-0.2, -0.15) is 0 Å². The summed E-state index contributed by atoms with van der Waals surface area (Å²) in [5.74, 6) is -1.00. The summed E-state index contributed by atoms with van der Waals surface area (Å²) in [6.07, 6.45) is 67.4. The molecular weight excluding hydrogens is 769 g/mol. The van der Waals surface area contributed by atoms with Crippen molar-refractivity contribution in [3.63, 3.8) is 0 Å². The molecule has 0 aliphatic heterocycles. The molecule has 0 aromatic heterocycles. The Balaban J connectivity index is 4.54. The second kappa shape index (κ2) is 49.5. The van der Waals surface area contributed by atoms with E-state index in [9.17, 15) is 14.4 Å². The largest absolute Gasteiger partial charge is 0.462 e. The molecule has 0 bridgehead atoms. The first-order valence-corrected chi connectivity index (χ1v) is 24.7. The highest BCUT2D eigenvalue weighted by Crippen LogP contribution is 2.12. The minimum atomic E-state index is -0.818. The van der Waals surface area contributed by atoms with Crippen molar-refractivity contribution in [3.05, 3.63) is 122 Å². The minimum absolute atomic E-state index is 0.114. The Bertz CT molecular complexity index is 1350. The fourth-order valence-corrected chi connectivity index (χ4v) is 6.18. The summed E-state index contributed by atoms with van der Waals surface area (Å²) in [5, 5.41) is 0.